The molecule has 0 fully saturated rings. The van der Waals surface area contributed by atoms with Crippen molar-refractivity contribution in [1.29, 1.82) is 0 Å². The van der Waals surface area contributed by atoms with E-state index in [2.05, 4.69) is 5.32 Å². The van der Waals surface area contributed by atoms with Gasteiger partial charge >= 0.3 is 5.97 Å². The SMILES string of the molecule is CCOC(=O)C1=C(N)n2c(s/c(=C\c3ccccc3Cl)c2=O)=C(C(=O)Nc2ccc([N+](=O)[O-])cc2)C1c1ccccc1Cl. The first kappa shape index (κ1) is 29.8. The highest BCUT2D eigenvalue weighted by molar-refractivity contribution is 7.07. The van der Waals surface area contributed by atoms with Gasteiger partial charge in [0.15, 0.2) is 0 Å². The Balaban J connectivity index is 1.83. The quantitative estimate of drug-likeness (QED) is 0.175. The van der Waals surface area contributed by atoms with Gasteiger partial charge in [0.05, 0.1) is 33.1 Å². The van der Waals surface area contributed by atoms with Gasteiger partial charge in [-0.1, -0.05) is 59.6 Å². The highest BCUT2D eigenvalue weighted by Gasteiger charge is 2.40. The molecule has 0 spiro atoms. The third-order valence-corrected chi connectivity index (χ3v) is 8.43. The second-order valence-corrected chi connectivity index (χ2v) is 11.1. The number of anilines is 1. The Morgan fingerprint density at radius 1 is 1.05 bits per heavy atom. The number of carbonyl (C=O) groups excluding carboxylic acids is 2. The van der Waals surface area contributed by atoms with E-state index in [1.165, 1.54) is 24.3 Å². The number of fused-ring (bicyclic) bond motifs is 1. The first-order chi connectivity index (χ1) is 20.6. The molecule has 0 saturated carbocycles. The van der Waals surface area contributed by atoms with Crippen LogP contribution in [0.5, 0.6) is 0 Å². The molecule has 2 heterocycles. The number of thiazole rings is 1. The second kappa shape index (κ2) is 12.3. The Kier molecular flexibility index (Phi) is 8.49. The molecular weight excluding hydrogens is 615 g/mol. The van der Waals surface area contributed by atoms with Crippen LogP contribution in [0.2, 0.25) is 10.0 Å². The van der Waals surface area contributed by atoms with Crippen LogP contribution in [0.4, 0.5) is 11.4 Å². The number of ether oxygens (including phenoxy) is 1. The monoisotopic (exact) mass is 636 g/mol. The molecule has 1 amide bonds. The van der Waals surface area contributed by atoms with E-state index in [1.54, 1.807) is 61.5 Å². The van der Waals surface area contributed by atoms with E-state index in [0.29, 0.717) is 16.1 Å². The molecule has 13 heteroatoms. The fourth-order valence-corrected chi connectivity index (χ4v) is 6.30. The van der Waals surface area contributed by atoms with Crippen molar-refractivity contribution < 1.29 is 19.2 Å². The average Bonchev–Trinajstić information content (AvgIpc) is 3.30. The van der Waals surface area contributed by atoms with Gasteiger partial charge in [0, 0.05) is 27.9 Å². The highest BCUT2D eigenvalue weighted by Crippen LogP contribution is 2.40. The van der Waals surface area contributed by atoms with Crippen LogP contribution < -0.4 is 25.8 Å². The van der Waals surface area contributed by atoms with E-state index in [-0.39, 0.29) is 49.2 Å². The standard InChI is InChI=1S/C30H22Cl2N4O6S/c1-2-42-30(39)24-23(19-8-4-6-10-21(19)32)25(27(37)34-17-11-13-18(14-12-17)36(40)41)29-35(26(24)33)28(38)22(43-29)15-16-7-3-5-9-20(16)31/h3-15,23H,2,33H2,1H3,(H,34,37)/b22-15-. The average molecular weight is 638 g/mol. The van der Waals surface area contributed by atoms with Crippen LogP contribution in [0, 0.1) is 10.1 Å². The summed E-state index contributed by atoms with van der Waals surface area (Å²) in [5.41, 5.74) is 6.88. The summed E-state index contributed by atoms with van der Waals surface area (Å²) >= 11 is 13.9. The van der Waals surface area contributed by atoms with Gasteiger partial charge in [-0.25, -0.2) is 4.79 Å². The Hall–Kier alpha value is -4.71. The number of esters is 1. The molecule has 1 aliphatic heterocycles. The van der Waals surface area contributed by atoms with Crippen LogP contribution >= 0.6 is 34.5 Å². The zero-order valence-electron chi connectivity index (χ0n) is 22.4. The summed E-state index contributed by atoms with van der Waals surface area (Å²) in [6.07, 6.45) is 1.58. The van der Waals surface area contributed by atoms with Crippen molar-refractivity contribution in [1.82, 2.24) is 4.57 Å². The molecule has 3 aromatic carbocycles. The molecule has 1 atom stereocenters. The maximum absolute atomic E-state index is 14.1. The van der Waals surface area contributed by atoms with Crippen LogP contribution in [0.1, 0.15) is 24.0 Å². The van der Waals surface area contributed by atoms with Crippen molar-refractivity contribution in [3.8, 4) is 0 Å². The molecule has 0 saturated heterocycles. The summed E-state index contributed by atoms with van der Waals surface area (Å²) in [5, 5.41) is 14.5. The number of carbonyl (C=O) groups is 2. The number of amides is 1. The molecule has 4 aromatic rings. The van der Waals surface area contributed by atoms with Gasteiger partial charge in [-0.3, -0.25) is 24.3 Å². The van der Waals surface area contributed by atoms with Gasteiger partial charge in [0.1, 0.15) is 10.5 Å². The summed E-state index contributed by atoms with van der Waals surface area (Å²) in [6, 6.07) is 18.8. The number of aromatic nitrogens is 1. The van der Waals surface area contributed by atoms with Crippen molar-refractivity contribution in [3.63, 3.8) is 0 Å². The Morgan fingerprint density at radius 2 is 1.70 bits per heavy atom. The van der Waals surface area contributed by atoms with Crippen LogP contribution in [0.3, 0.4) is 0 Å². The van der Waals surface area contributed by atoms with Crippen molar-refractivity contribution in [2.24, 2.45) is 5.73 Å². The molecule has 0 bridgehead atoms. The van der Waals surface area contributed by atoms with E-state index < -0.39 is 28.3 Å². The number of non-ortho nitro benzene ring substituents is 1. The number of nitrogens with two attached hydrogens (primary N) is 1. The Labute approximate surface area is 258 Å². The fourth-order valence-electron chi connectivity index (χ4n) is 4.70. The summed E-state index contributed by atoms with van der Waals surface area (Å²) in [4.78, 5) is 51.9. The van der Waals surface area contributed by atoms with Crippen molar-refractivity contribution in [2.45, 2.75) is 12.8 Å². The maximum atomic E-state index is 14.1. The van der Waals surface area contributed by atoms with Crippen LogP contribution in [-0.2, 0) is 14.3 Å². The Morgan fingerprint density at radius 3 is 2.33 bits per heavy atom. The van der Waals surface area contributed by atoms with Gasteiger partial charge < -0.3 is 15.8 Å². The van der Waals surface area contributed by atoms with Crippen molar-refractivity contribution in [3.05, 3.63) is 129 Å². The second-order valence-electron chi connectivity index (χ2n) is 9.22. The molecule has 5 rings (SSSR count). The third-order valence-electron chi connectivity index (χ3n) is 6.63. The number of nitrogens with zero attached hydrogens (tertiary/aromatic N) is 2. The van der Waals surface area contributed by atoms with Gasteiger partial charge in [0.25, 0.3) is 17.2 Å². The van der Waals surface area contributed by atoms with E-state index in [4.69, 9.17) is 33.7 Å². The number of hydrogen-bond acceptors (Lipinski definition) is 8. The van der Waals surface area contributed by atoms with Crippen LogP contribution in [-0.4, -0.2) is 28.0 Å². The van der Waals surface area contributed by atoms with Gasteiger partial charge in [-0.2, -0.15) is 0 Å². The molecular formula is C30H22Cl2N4O6S. The molecule has 0 aliphatic carbocycles. The summed E-state index contributed by atoms with van der Waals surface area (Å²) < 4.78 is 6.81. The van der Waals surface area contributed by atoms with E-state index in [9.17, 15) is 24.5 Å². The summed E-state index contributed by atoms with van der Waals surface area (Å²) in [5.74, 6) is -2.85. The minimum absolute atomic E-state index is 0.00427. The molecule has 1 unspecified atom stereocenters. The zero-order chi connectivity index (χ0) is 30.8. The fraction of sp³-hybridized carbons (Fsp3) is 0.100. The Bertz CT molecular complexity index is 2000. The van der Waals surface area contributed by atoms with Crippen molar-refractivity contribution >= 4 is 75.3 Å². The third kappa shape index (κ3) is 5.70. The van der Waals surface area contributed by atoms with Crippen LogP contribution in [0.25, 0.3) is 17.5 Å². The number of hydrogen-bond donors (Lipinski definition) is 2. The minimum Gasteiger partial charge on any atom is -0.463 e. The summed E-state index contributed by atoms with van der Waals surface area (Å²) in [6.45, 7) is 1.62. The zero-order valence-corrected chi connectivity index (χ0v) is 24.7. The van der Waals surface area contributed by atoms with E-state index in [1.807, 2.05) is 0 Å². The molecule has 10 nitrogen and oxygen atoms in total. The van der Waals surface area contributed by atoms with Crippen molar-refractivity contribution in [2.75, 3.05) is 11.9 Å². The van der Waals surface area contributed by atoms with E-state index in [0.717, 1.165) is 15.9 Å². The largest absolute Gasteiger partial charge is 0.463 e. The number of rotatable bonds is 7. The van der Waals surface area contributed by atoms with Gasteiger partial charge in [0.2, 0.25) is 0 Å². The van der Waals surface area contributed by atoms with Crippen LogP contribution in [0.15, 0.2) is 83.2 Å². The molecule has 218 valence electrons. The topological polar surface area (TPSA) is 147 Å². The molecule has 1 aliphatic rings. The number of nitrogens with one attached hydrogen (secondary N) is 1. The first-order valence-electron chi connectivity index (χ1n) is 12.8. The minimum atomic E-state index is -1.13. The highest BCUT2D eigenvalue weighted by atomic mass is 35.5. The summed E-state index contributed by atoms with van der Waals surface area (Å²) in [7, 11) is 0. The maximum Gasteiger partial charge on any atom is 0.338 e. The molecule has 3 N–H and O–H groups in total. The lowest BCUT2D eigenvalue weighted by molar-refractivity contribution is -0.384. The molecule has 43 heavy (non-hydrogen) atoms. The number of benzene rings is 3. The predicted molar refractivity (Wildman–Crippen MR) is 166 cm³/mol. The lowest BCUT2D eigenvalue weighted by Crippen LogP contribution is -2.42. The molecule has 1 aromatic heterocycles. The predicted octanol–water partition coefficient (Wildman–Crippen LogP) is 4.23. The van der Waals surface area contributed by atoms with Gasteiger partial charge in [-0.15, -0.1) is 11.3 Å². The first-order valence-corrected chi connectivity index (χ1v) is 14.4. The number of halogens is 2. The number of nitro groups is 1. The molecule has 0 radical (unpaired) electrons. The lowest BCUT2D eigenvalue weighted by Gasteiger charge is -2.28. The smallest absolute Gasteiger partial charge is 0.338 e. The lowest BCUT2D eigenvalue weighted by atomic mass is 9.82. The van der Waals surface area contributed by atoms with E-state index >= 15 is 0 Å². The van der Waals surface area contributed by atoms with Gasteiger partial charge in [-0.05, 0) is 48.4 Å². The number of nitro benzene ring substituents is 1. The normalized spacial score (nSPS) is 14.8.